The monoisotopic (exact) mass is 390 g/mol. The summed E-state index contributed by atoms with van der Waals surface area (Å²) >= 11 is 0. The molecule has 1 aliphatic rings. The van der Waals surface area contributed by atoms with Crippen LogP contribution in [0.4, 0.5) is 0 Å². The molecule has 1 aliphatic heterocycles. The standard InChI is InChI=1S/C21H30N2O5/c1-3-4-13-27-18-10-8-17(9-11-18)21(26)22-14-20(25)28-15-19(24)23-12-6-5-7-16(23)2/h8-11,16H,3-7,12-15H2,1-2H3,(H,22,26)/t16-/m1/s1. The van der Waals surface area contributed by atoms with E-state index in [2.05, 4.69) is 12.2 Å². The van der Waals surface area contributed by atoms with Crippen LogP contribution in [-0.2, 0) is 14.3 Å². The Morgan fingerprint density at radius 3 is 2.61 bits per heavy atom. The Bertz CT molecular complexity index is 659. The van der Waals surface area contributed by atoms with Gasteiger partial charge in [-0.1, -0.05) is 13.3 Å². The van der Waals surface area contributed by atoms with E-state index in [1.54, 1.807) is 29.2 Å². The first-order valence-electron chi connectivity index (χ1n) is 9.97. The Balaban J connectivity index is 1.70. The van der Waals surface area contributed by atoms with Crippen molar-refractivity contribution in [2.24, 2.45) is 0 Å². The highest BCUT2D eigenvalue weighted by Crippen LogP contribution is 2.16. The minimum absolute atomic E-state index is 0.175. The molecule has 1 aromatic carbocycles. The number of hydrogen-bond donors (Lipinski definition) is 1. The number of carbonyl (C=O) groups excluding carboxylic acids is 3. The molecule has 0 radical (unpaired) electrons. The summed E-state index contributed by atoms with van der Waals surface area (Å²) in [6.07, 6.45) is 5.09. The molecule has 0 unspecified atom stereocenters. The van der Waals surface area contributed by atoms with Crippen LogP contribution in [0.25, 0.3) is 0 Å². The van der Waals surface area contributed by atoms with Gasteiger partial charge in [-0.15, -0.1) is 0 Å². The summed E-state index contributed by atoms with van der Waals surface area (Å²) in [7, 11) is 0. The summed E-state index contributed by atoms with van der Waals surface area (Å²) in [5.74, 6) is -0.501. The van der Waals surface area contributed by atoms with E-state index in [-0.39, 0.29) is 31.0 Å². The molecule has 7 nitrogen and oxygen atoms in total. The van der Waals surface area contributed by atoms with Crippen LogP contribution in [0.3, 0.4) is 0 Å². The highest BCUT2D eigenvalue weighted by atomic mass is 16.5. The number of piperidine rings is 1. The van der Waals surface area contributed by atoms with Gasteiger partial charge in [-0.3, -0.25) is 14.4 Å². The van der Waals surface area contributed by atoms with Crippen molar-refractivity contribution in [2.75, 3.05) is 26.3 Å². The molecule has 1 N–H and O–H groups in total. The number of benzene rings is 1. The summed E-state index contributed by atoms with van der Waals surface area (Å²) in [6.45, 7) is 4.86. The number of carbonyl (C=O) groups is 3. The lowest BCUT2D eigenvalue weighted by Crippen LogP contribution is -2.44. The molecule has 0 bridgehead atoms. The number of amides is 2. The minimum Gasteiger partial charge on any atom is -0.494 e. The van der Waals surface area contributed by atoms with Gasteiger partial charge in [0, 0.05) is 18.2 Å². The summed E-state index contributed by atoms with van der Waals surface area (Å²) < 4.78 is 10.6. The molecule has 1 heterocycles. The van der Waals surface area contributed by atoms with E-state index in [0.717, 1.165) is 32.1 Å². The van der Waals surface area contributed by atoms with Crippen LogP contribution in [0.2, 0.25) is 0 Å². The topological polar surface area (TPSA) is 84.9 Å². The molecule has 28 heavy (non-hydrogen) atoms. The van der Waals surface area contributed by atoms with Crippen LogP contribution in [0.5, 0.6) is 5.75 Å². The lowest BCUT2D eigenvalue weighted by Gasteiger charge is -2.33. The van der Waals surface area contributed by atoms with Crippen LogP contribution in [0.1, 0.15) is 56.3 Å². The van der Waals surface area contributed by atoms with Gasteiger partial charge in [-0.25, -0.2) is 0 Å². The zero-order valence-electron chi connectivity index (χ0n) is 16.7. The molecule has 1 aromatic rings. The number of nitrogens with zero attached hydrogens (tertiary/aromatic N) is 1. The van der Waals surface area contributed by atoms with Crippen LogP contribution in [0.15, 0.2) is 24.3 Å². The third-order valence-electron chi connectivity index (χ3n) is 4.76. The molecule has 1 fully saturated rings. The van der Waals surface area contributed by atoms with Crippen molar-refractivity contribution in [3.05, 3.63) is 29.8 Å². The first-order chi connectivity index (χ1) is 13.5. The van der Waals surface area contributed by atoms with E-state index in [9.17, 15) is 14.4 Å². The van der Waals surface area contributed by atoms with Gasteiger partial charge in [0.05, 0.1) is 6.61 Å². The Morgan fingerprint density at radius 1 is 1.18 bits per heavy atom. The van der Waals surface area contributed by atoms with Gasteiger partial charge < -0.3 is 19.7 Å². The number of unbranched alkanes of at least 4 members (excludes halogenated alkanes) is 1. The highest BCUT2D eigenvalue weighted by molar-refractivity contribution is 5.96. The van der Waals surface area contributed by atoms with E-state index in [1.807, 2.05) is 6.92 Å². The van der Waals surface area contributed by atoms with Crippen molar-refractivity contribution in [1.29, 1.82) is 0 Å². The van der Waals surface area contributed by atoms with Gasteiger partial charge >= 0.3 is 5.97 Å². The number of rotatable bonds is 9. The summed E-state index contributed by atoms with van der Waals surface area (Å²) in [4.78, 5) is 37.8. The van der Waals surface area contributed by atoms with Crippen LogP contribution in [-0.4, -0.2) is 55.0 Å². The molecule has 154 valence electrons. The maximum absolute atomic E-state index is 12.1. The molecule has 1 saturated heterocycles. The molecule has 0 aromatic heterocycles. The number of nitrogens with one attached hydrogen (secondary N) is 1. The fourth-order valence-corrected chi connectivity index (χ4v) is 3.04. The number of hydrogen-bond acceptors (Lipinski definition) is 5. The third kappa shape index (κ3) is 6.87. The predicted octanol–water partition coefficient (Wildman–Crippen LogP) is 2.54. The molecule has 0 aliphatic carbocycles. The second-order valence-electron chi connectivity index (χ2n) is 7.00. The van der Waals surface area contributed by atoms with Gasteiger partial charge in [-0.05, 0) is 56.9 Å². The van der Waals surface area contributed by atoms with Gasteiger partial charge in [0.2, 0.25) is 0 Å². The number of likely N-dealkylation sites (tertiary alicyclic amines) is 1. The van der Waals surface area contributed by atoms with Crippen LogP contribution in [0, 0.1) is 0 Å². The largest absolute Gasteiger partial charge is 0.494 e. The van der Waals surface area contributed by atoms with Gasteiger partial charge in [0.1, 0.15) is 12.3 Å². The van der Waals surface area contributed by atoms with Crippen molar-refractivity contribution < 1.29 is 23.9 Å². The van der Waals surface area contributed by atoms with Gasteiger partial charge in [0.15, 0.2) is 6.61 Å². The molecule has 0 spiro atoms. The summed E-state index contributed by atoms with van der Waals surface area (Å²) in [6, 6.07) is 6.91. The van der Waals surface area contributed by atoms with E-state index >= 15 is 0 Å². The first kappa shape index (κ1) is 21.7. The second-order valence-corrected chi connectivity index (χ2v) is 7.00. The normalized spacial score (nSPS) is 16.4. The van der Waals surface area contributed by atoms with Crippen molar-refractivity contribution >= 4 is 17.8 Å². The van der Waals surface area contributed by atoms with Crippen LogP contribution >= 0.6 is 0 Å². The molecule has 7 heteroatoms. The fraction of sp³-hybridized carbons (Fsp3) is 0.571. The third-order valence-corrected chi connectivity index (χ3v) is 4.76. The number of ether oxygens (including phenoxy) is 2. The average Bonchev–Trinajstić information content (AvgIpc) is 2.71. The van der Waals surface area contributed by atoms with Crippen molar-refractivity contribution in [3.63, 3.8) is 0 Å². The average molecular weight is 390 g/mol. The summed E-state index contributed by atoms with van der Waals surface area (Å²) in [5.41, 5.74) is 0.425. The SMILES string of the molecule is CCCCOc1ccc(C(=O)NCC(=O)OCC(=O)N2CCCC[C@H]2C)cc1. The van der Waals surface area contributed by atoms with Crippen LogP contribution < -0.4 is 10.1 Å². The summed E-state index contributed by atoms with van der Waals surface area (Å²) in [5, 5.41) is 2.50. The lowest BCUT2D eigenvalue weighted by atomic mass is 10.0. The highest BCUT2D eigenvalue weighted by Gasteiger charge is 2.23. The van der Waals surface area contributed by atoms with Crippen molar-refractivity contribution in [3.8, 4) is 5.75 Å². The quantitative estimate of drug-likeness (QED) is 0.517. The van der Waals surface area contributed by atoms with E-state index < -0.39 is 5.97 Å². The Labute approximate surface area is 166 Å². The number of esters is 1. The maximum Gasteiger partial charge on any atom is 0.325 e. The molecule has 2 rings (SSSR count). The molecular formula is C21H30N2O5. The van der Waals surface area contributed by atoms with Gasteiger partial charge in [0.25, 0.3) is 11.8 Å². The zero-order chi connectivity index (χ0) is 20.4. The molecule has 2 amide bonds. The zero-order valence-corrected chi connectivity index (χ0v) is 16.7. The maximum atomic E-state index is 12.1. The molecule has 0 saturated carbocycles. The van der Waals surface area contributed by atoms with E-state index in [1.165, 1.54) is 0 Å². The van der Waals surface area contributed by atoms with Crippen molar-refractivity contribution in [1.82, 2.24) is 10.2 Å². The smallest absolute Gasteiger partial charge is 0.325 e. The Hall–Kier alpha value is -2.57. The lowest BCUT2D eigenvalue weighted by molar-refractivity contribution is -0.152. The predicted molar refractivity (Wildman–Crippen MR) is 105 cm³/mol. The molecule has 1 atom stereocenters. The second kappa shape index (κ2) is 11.3. The van der Waals surface area contributed by atoms with Crippen molar-refractivity contribution in [2.45, 2.75) is 52.0 Å². The van der Waals surface area contributed by atoms with E-state index in [0.29, 0.717) is 24.5 Å². The first-order valence-corrected chi connectivity index (χ1v) is 9.97. The minimum atomic E-state index is -0.633. The van der Waals surface area contributed by atoms with E-state index in [4.69, 9.17) is 9.47 Å². The molecular weight excluding hydrogens is 360 g/mol. The Morgan fingerprint density at radius 2 is 1.93 bits per heavy atom. The fourth-order valence-electron chi connectivity index (χ4n) is 3.04. The van der Waals surface area contributed by atoms with Gasteiger partial charge in [-0.2, -0.15) is 0 Å². The Kier molecular flexibility index (Phi) is 8.78.